The van der Waals surface area contributed by atoms with E-state index in [1.54, 1.807) is 10.9 Å². The highest BCUT2D eigenvalue weighted by Crippen LogP contribution is 2.26. The molecule has 3 N–H and O–H groups in total. The second kappa shape index (κ2) is 7.40. The van der Waals surface area contributed by atoms with Crippen LogP contribution in [0.25, 0.3) is 11.1 Å². The lowest BCUT2D eigenvalue weighted by Gasteiger charge is -2.17. The highest BCUT2D eigenvalue weighted by Gasteiger charge is 2.14. The minimum absolute atomic E-state index is 0.130. The van der Waals surface area contributed by atoms with Gasteiger partial charge in [-0.15, -0.1) is 0 Å². The first-order valence-electron chi connectivity index (χ1n) is 8.51. The van der Waals surface area contributed by atoms with E-state index >= 15 is 0 Å². The van der Waals surface area contributed by atoms with Crippen molar-refractivity contribution in [3.05, 3.63) is 54.1 Å². The van der Waals surface area contributed by atoms with Gasteiger partial charge in [-0.2, -0.15) is 5.10 Å². The van der Waals surface area contributed by atoms with Crippen LogP contribution in [0.1, 0.15) is 31.5 Å². The van der Waals surface area contributed by atoms with Crippen LogP contribution < -0.4 is 11.1 Å². The third-order valence-corrected chi connectivity index (χ3v) is 3.77. The maximum absolute atomic E-state index is 12.8. The molecule has 0 bridgehead atoms. The van der Waals surface area contributed by atoms with Crippen LogP contribution in [0.2, 0.25) is 0 Å². The topological polar surface area (TPSA) is 81.7 Å². The second-order valence-electron chi connectivity index (χ2n) is 7.23. The molecule has 0 radical (unpaired) electrons. The Morgan fingerprint density at radius 2 is 2.00 bits per heavy atom. The number of hydrogen-bond acceptors (Lipinski definition) is 5. The van der Waals surface area contributed by atoms with E-state index in [-0.39, 0.29) is 17.2 Å². The van der Waals surface area contributed by atoms with Gasteiger partial charge in [0.2, 0.25) is 5.95 Å². The fourth-order valence-electron chi connectivity index (χ4n) is 2.72. The first-order valence-corrected chi connectivity index (χ1v) is 8.51. The molecule has 0 amide bonds. The molecule has 0 aliphatic rings. The SMILES string of the molecule is Cc1cc(Nc2nccc(C(F)F)n2)cc(-c2cnn(CC(C)(C)N)c2)c1. The van der Waals surface area contributed by atoms with Crippen LogP contribution in [0.3, 0.4) is 0 Å². The number of halogens is 2. The summed E-state index contributed by atoms with van der Waals surface area (Å²) in [4.78, 5) is 7.85. The number of aryl methyl sites for hydroxylation is 1. The van der Waals surface area contributed by atoms with Crippen molar-refractivity contribution in [1.29, 1.82) is 0 Å². The molecule has 0 atom stereocenters. The molecule has 0 saturated carbocycles. The van der Waals surface area contributed by atoms with Gasteiger partial charge in [-0.25, -0.2) is 18.7 Å². The monoisotopic (exact) mass is 372 g/mol. The Labute approximate surface area is 156 Å². The molecule has 142 valence electrons. The first-order chi connectivity index (χ1) is 12.7. The largest absolute Gasteiger partial charge is 0.324 e. The smallest absolute Gasteiger partial charge is 0.280 e. The molecule has 0 aliphatic carbocycles. The lowest BCUT2D eigenvalue weighted by molar-refractivity contribution is 0.146. The van der Waals surface area contributed by atoms with Gasteiger partial charge in [-0.05, 0) is 50.1 Å². The average molecular weight is 372 g/mol. The summed E-state index contributed by atoms with van der Waals surface area (Å²) in [5, 5.41) is 7.35. The van der Waals surface area contributed by atoms with Crippen molar-refractivity contribution in [2.45, 2.75) is 39.3 Å². The molecule has 0 saturated heterocycles. The van der Waals surface area contributed by atoms with E-state index in [4.69, 9.17) is 5.73 Å². The minimum atomic E-state index is -2.64. The van der Waals surface area contributed by atoms with E-state index in [9.17, 15) is 8.78 Å². The van der Waals surface area contributed by atoms with Crippen molar-refractivity contribution in [2.75, 3.05) is 5.32 Å². The molecular formula is C19H22F2N6. The Kier molecular flexibility index (Phi) is 5.18. The van der Waals surface area contributed by atoms with Crippen molar-refractivity contribution in [3.8, 4) is 11.1 Å². The predicted octanol–water partition coefficient (Wildman–Crippen LogP) is 4.07. The van der Waals surface area contributed by atoms with Crippen molar-refractivity contribution in [2.24, 2.45) is 5.73 Å². The Hall–Kier alpha value is -2.87. The normalized spacial score (nSPS) is 11.8. The van der Waals surface area contributed by atoms with Gasteiger partial charge < -0.3 is 11.1 Å². The van der Waals surface area contributed by atoms with Crippen LogP contribution in [0.4, 0.5) is 20.4 Å². The van der Waals surface area contributed by atoms with Gasteiger partial charge >= 0.3 is 0 Å². The van der Waals surface area contributed by atoms with Crippen molar-refractivity contribution in [3.63, 3.8) is 0 Å². The predicted molar refractivity (Wildman–Crippen MR) is 101 cm³/mol. The summed E-state index contributed by atoms with van der Waals surface area (Å²) in [6, 6.07) is 7.02. The third kappa shape index (κ3) is 5.07. The molecular weight excluding hydrogens is 350 g/mol. The average Bonchev–Trinajstić information content (AvgIpc) is 3.01. The summed E-state index contributed by atoms with van der Waals surface area (Å²) in [5.74, 6) is 0.130. The Morgan fingerprint density at radius 3 is 2.70 bits per heavy atom. The second-order valence-corrected chi connectivity index (χ2v) is 7.23. The number of hydrogen-bond donors (Lipinski definition) is 2. The summed E-state index contributed by atoms with van der Waals surface area (Å²) in [6.45, 7) is 6.43. The van der Waals surface area contributed by atoms with Crippen LogP contribution in [0, 0.1) is 6.92 Å². The zero-order valence-corrected chi connectivity index (χ0v) is 15.4. The number of alkyl halides is 2. The number of nitrogens with one attached hydrogen (secondary N) is 1. The van der Waals surface area contributed by atoms with Crippen molar-refractivity contribution in [1.82, 2.24) is 19.7 Å². The molecule has 2 aromatic heterocycles. The summed E-state index contributed by atoms with van der Waals surface area (Å²) in [5.41, 5.74) is 8.97. The van der Waals surface area contributed by atoms with Crippen LogP contribution >= 0.6 is 0 Å². The van der Waals surface area contributed by atoms with Gasteiger partial charge in [0.15, 0.2) is 0 Å². The van der Waals surface area contributed by atoms with E-state index in [0.717, 1.165) is 16.7 Å². The van der Waals surface area contributed by atoms with Crippen molar-refractivity contribution >= 4 is 11.6 Å². The fraction of sp³-hybridized carbons (Fsp3) is 0.316. The number of anilines is 2. The van der Waals surface area contributed by atoms with Gasteiger partial charge in [-0.1, -0.05) is 6.07 Å². The van der Waals surface area contributed by atoms with E-state index in [2.05, 4.69) is 20.4 Å². The molecule has 3 rings (SSSR count). The molecule has 0 unspecified atom stereocenters. The van der Waals surface area contributed by atoms with E-state index < -0.39 is 6.43 Å². The number of rotatable bonds is 6. The number of benzene rings is 1. The van der Waals surface area contributed by atoms with Gasteiger partial charge in [0.25, 0.3) is 6.43 Å². The first kappa shape index (κ1) is 18.9. The summed E-state index contributed by atoms with van der Waals surface area (Å²) >= 11 is 0. The quantitative estimate of drug-likeness (QED) is 0.682. The molecule has 0 aliphatic heterocycles. The maximum atomic E-state index is 12.8. The number of nitrogens with zero attached hydrogens (tertiary/aromatic N) is 4. The van der Waals surface area contributed by atoms with Crippen LogP contribution in [0.15, 0.2) is 42.9 Å². The lowest BCUT2D eigenvalue weighted by atomic mass is 10.1. The van der Waals surface area contributed by atoms with Crippen LogP contribution in [-0.2, 0) is 6.54 Å². The molecule has 3 aromatic rings. The maximum Gasteiger partial charge on any atom is 0.280 e. The minimum Gasteiger partial charge on any atom is -0.324 e. The van der Waals surface area contributed by atoms with Gasteiger partial charge in [0, 0.05) is 29.2 Å². The van der Waals surface area contributed by atoms with Crippen LogP contribution in [-0.4, -0.2) is 25.3 Å². The number of aromatic nitrogens is 4. The summed E-state index contributed by atoms with van der Waals surface area (Å²) < 4.78 is 27.4. The van der Waals surface area contributed by atoms with Gasteiger partial charge in [-0.3, -0.25) is 4.68 Å². The molecule has 0 fully saturated rings. The lowest BCUT2D eigenvalue weighted by Crippen LogP contribution is -2.37. The molecule has 27 heavy (non-hydrogen) atoms. The third-order valence-electron chi connectivity index (χ3n) is 3.77. The van der Waals surface area contributed by atoms with Crippen molar-refractivity contribution < 1.29 is 8.78 Å². The zero-order valence-electron chi connectivity index (χ0n) is 15.4. The summed E-state index contributed by atoms with van der Waals surface area (Å²) in [6.07, 6.45) is 2.38. The highest BCUT2D eigenvalue weighted by atomic mass is 19.3. The molecule has 6 nitrogen and oxygen atoms in total. The van der Waals surface area contributed by atoms with E-state index in [1.807, 2.05) is 45.2 Å². The molecule has 8 heteroatoms. The highest BCUT2D eigenvalue weighted by molar-refractivity contribution is 5.70. The van der Waals surface area contributed by atoms with Crippen LogP contribution in [0.5, 0.6) is 0 Å². The zero-order chi connectivity index (χ0) is 19.6. The standard InChI is InChI=1S/C19H22F2N6/c1-12-6-13(14-9-24-27(10-14)11-19(2,3)22)8-15(7-12)25-18-23-5-4-16(26-18)17(20)21/h4-10,17H,11,22H2,1-3H3,(H,23,25,26). The fourth-order valence-corrected chi connectivity index (χ4v) is 2.72. The molecule has 2 heterocycles. The Morgan fingerprint density at radius 1 is 1.22 bits per heavy atom. The number of nitrogens with two attached hydrogens (primary N) is 1. The molecule has 1 aromatic carbocycles. The van der Waals surface area contributed by atoms with Gasteiger partial charge in [0.05, 0.1) is 12.7 Å². The Bertz CT molecular complexity index is 930. The van der Waals surface area contributed by atoms with Gasteiger partial charge in [0.1, 0.15) is 5.69 Å². The Balaban J connectivity index is 1.86. The van der Waals surface area contributed by atoms with E-state index in [0.29, 0.717) is 12.2 Å². The summed E-state index contributed by atoms with van der Waals surface area (Å²) in [7, 11) is 0. The van der Waals surface area contributed by atoms with E-state index in [1.165, 1.54) is 12.3 Å². The molecule has 0 spiro atoms.